The van der Waals surface area contributed by atoms with E-state index in [0.29, 0.717) is 5.95 Å². The first-order valence-electron chi connectivity index (χ1n) is 19.3. The Hall–Kier alpha value is -7.34. The second-order valence-corrected chi connectivity index (χ2v) is 16.0. The van der Waals surface area contributed by atoms with Gasteiger partial charge < -0.3 is 4.57 Å². The maximum Gasteiger partial charge on any atom is 0.235 e. The van der Waals surface area contributed by atoms with Gasteiger partial charge in [-0.3, -0.25) is 4.57 Å². The van der Waals surface area contributed by atoms with Crippen molar-refractivity contribution in [2.45, 2.75) is 0 Å². The van der Waals surface area contributed by atoms with Crippen molar-refractivity contribution in [2.24, 2.45) is 0 Å². The molecule has 5 heteroatoms. The van der Waals surface area contributed by atoms with Gasteiger partial charge in [0.1, 0.15) is 0 Å². The second kappa shape index (κ2) is 11.6. The SMILES string of the molecule is c1ccc2c(c1)ccc1c2c2ccccc2n1-c1ccc2c(c1)c1c3ccccc3ccc1n2-c1nc(-c2cccc3sc4ccccc4c23)c2ccccc2n1. The highest BCUT2D eigenvalue weighted by Gasteiger charge is 2.22. The summed E-state index contributed by atoms with van der Waals surface area (Å²) in [4.78, 5) is 10.9. The van der Waals surface area contributed by atoms with Crippen molar-refractivity contribution < 1.29 is 0 Å². The number of rotatable bonds is 3. The Bertz CT molecular complexity index is 3830. The Labute approximate surface area is 330 Å². The van der Waals surface area contributed by atoms with Crippen LogP contribution in [0.4, 0.5) is 0 Å². The van der Waals surface area contributed by atoms with E-state index in [2.05, 4.69) is 191 Å². The zero-order chi connectivity index (χ0) is 37.2. The minimum absolute atomic E-state index is 0.659. The summed E-state index contributed by atoms with van der Waals surface area (Å²) in [5.41, 5.74) is 8.62. The highest BCUT2D eigenvalue weighted by Crippen LogP contribution is 2.44. The minimum atomic E-state index is 0.659. The predicted molar refractivity (Wildman–Crippen MR) is 242 cm³/mol. The van der Waals surface area contributed by atoms with Gasteiger partial charge in [0.15, 0.2) is 0 Å². The van der Waals surface area contributed by atoms with Gasteiger partial charge in [-0.2, -0.15) is 0 Å². The van der Waals surface area contributed by atoms with Crippen LogP contribution >= 0.6 is 11.3 Å². The summed E-state index contributed by atoms with van der Waals surface area (Å²) in [5.74, 6) is 0.659. The van der Waals surface area contributed by atoms with Gasteiger partial charge in [0.2, 0.25) is 5.95 Å². The van der Waals surface area contributed by atoms with Gasteiger partial charge in [-0.05, 0) is 76.1 Å². The summed E-state index contributed by atoms with van der Waals surface area (Å²) < 4.78 is 7.25. The normalized spacial score (nSPS) is 12.2. The monoisotopic (exact) mass is 742 g/mol. The second-order valence-electron chi connectivity index (χ2n) is 14.9. The molecule has 0 saturated heterocycles. The number of para-hydroxylation sites is 2. The van der Waals surface area contributed by atoms with Gasteiger partial charge in [-0.15, -0.1) is 11.3 Å². The molecule has 4 nitrogen and oxygen atoms in total. The Balaban J connectivity index is 1.13. The number of nitrogens with zero attached hydrogens (tertiary/aromatic N) is 4. The smallest absolute Gasteiger partial charge is 0.235 e. The van der Waals surface area contributed by atoms with Gasteiger partial charge in [0, 0.05) is 58.4 Å². The predicted octanol–water partition coefficient (Wildman–Crippen LogP) is 14.2. The van der Waals surface area contributed by atoms with Crippen LogP contribution in [0.5, 0.6) is 0 Å². The highest BCUT2D eigenvalue weighted by atomic mass is 32.1. The molecule has 0 amide bonds. The first-order valence-corrected chi connectivity index (χ1v) is 20.2. The van der Waals surface area contributed by atoms with Crippen LogP contribution in [0.3, 0.4) is 0 Å². The van der Waals surface area contributed by atoms with Crippen molar-refractivity contribution in [3.8, 4) is 22.9 Å². The van der Waals surface area contributed by atoms with Crippen LogP contribution in [0.2, 0.25) is 0 Å². The van der Waals surface area contributed by atoms with Gasteiger partial charge in [-0.25, -0.2) is 9.97 Å². The maximum atomic E-state index is 5.56. The summed E-state index contributed by atoms with van der Waals surface area (Å²) in [6, 6.07) is 65.9. The van der Waals surface area contributed by atoms with Crippen molar-refractivity contribution in [3.63, 3.8) is 0 Å². The average Bonchev–Trinajstić information content (AvgIpc) is 3.94. The molecule has 0 aliphatic carbocycles. The number of hydrogen-bond donors (Lipinski definition) is 0. The fourth-order valence-electron chi connectivity index (χ4n) is 9.49. The standard InChI is InChI=1S/C52H30N4S/c1-3-14-34-31(12-1)24-27-44-48(34)37-17-6-9-21-42(37)55(44)33-26-29-43-40(30-33)49-35-15-4-2-13-32(35)25-28-45(49)56(43)52-53-41-20-8-5-16-36(41)51(54-52)39-19-11-23-47-50(39)38-18-7-10-22-46(38)57-47/h1-30H. The summed E-state index contributed by atoms with van der Waals surface area (Å²) >= 11 is 1.83. The molecule has 13 rings (SSSR count). The zero-order valence-electron chi connectivity index (χ0n) is 30.5. The zero-order valence-corrected chi connectivity index (χ0v) is 31.3. The first kappa shape index (κ1) is 30.9. The molecule has 13 aromatic rings. The largest absolute Gasteiger partial charge is 0.309 e. The molecule has 0 bridgehead atoms. The molecule has 264 valence electrons. The molecule has 0 spiro atoms. The van der Waals surface area contributed by atoms with Crippen LogP contribution in [-0.4, -0.2) is 19.1 Å². The Morgan fingerprint density at radius 1 is 0.368 bits per heavy atom. The summed E-state index contributed by atoms with van der Waals surface area (Å²) in [7, 11) is 0. The average molecular weight is 743 g/mol. The molecule has 4 aromatic heterocycles. The molecule has 0 saturated carbocycles. The lowest BCUT2D eigenvalue weighted by Crippen LogP contribution is -2.03. The number of thiophene rings is 1. The molecule has 0 aliphatic heterocycles. The van der Waals surface area contributed by atoms with Crippen molar-refractivity contribution in [1.82, 2.24) is 19.1 Å². The van der Waals surface area contributed by atoms with E-state index in [1.807, 2.05) is 11.3 Å². The van der Waals surface area contributed by atoms with Crippen LogP contribution < -0.4 is 0 Å². The van der Waals surface area contributed by atoms with Gasteiger partial charge in [-0.1, -0.05) is 127 Å². The van der Waals surface area contributed by atoms with E-state index >= 15 is 0 Å². The molecule has 0 fully saturated rings. The van der Waals surface area contributed by atoms with Crippen LogP contribution in [-0.2, 0) is 0 Å². The Kier molecular flexibility index (Phi) is 6.29. The fraction of sp³-hybridized carbons (Fsp3) is 0. The van der Waals surface area contributed by atoms with Crippen LogP contribution in [0, 0.1) is 0 Å². The summed E-state index contributed by atoms with van der Waals surface area (Å²) in [5, 5.41) is 13.3. The van der Waals surface area contributed by atoms with Crippen molar-refractivity contribution in [3.05, 3.63) is 182 Å². The third kappa shape index (κ3) is 4.32. The lowest BCUT2D eigenvalue weighted by Gasteiger charge is -2.13. The number of hydrogen-bond acceptors (Lipinski definition) is 3. The molecule has 57 heavy (non-hydrogen) atoms. The third-order valence-electron chi connectivity index (χ3n) is 11.9. The maximum absolute atomic E-state index is 5.56. The Morgan fingerprint density at radius 3 is 1.77 bits per heavy atom. The molecular weight excluding hydrogens is 713 g/mol. The third-order valence-corrected chi connectivity index (χ3v) is 13.0. The van der Waals surface area contributed by atoms with Crippen molar-refractivity contribution in [1.29, 1.82) is 0 Å². The minimum Gasteiger partial charge on any atom is -0.309 e. The van der Waals surface area contributed by atoms with Gasteiger partial charge in [0.25, 0.3) is 0 Å². The van der Waals surface area contributed by atoms with E-state index in [-0.39, 0.29) is 0 Å². The topological polar surface area (TPSA) is 35.6 Å². The van der Waals surface area contributed by atoms with Crippen LogP contribution in [0.25, 0.3) is 119 Å². The molecule has 0 N–H and O–H groups in total. The molecule has 0 atom stereocenters. The van der Waals surface area contributed by atoms with Crippen molar-refractivity contribution >= 4 is 108 Å². The summed E-state index contributed by atoms with van der Waals surface area (Å²) in [6.07, 6.45) is 0. The molecular formula is C52H30N4S. The number of fused-ring (bicyclic) bond motifs is 14. The van der Waals surface area contributed by atoms with Crippen molar-refractivity contribution in [2.75, 3.05) is 0 Å². The first-order chi connectivity index (χ1) is 28.3. The van der Waals surface area contributed by atoms with E-state index in [9.17, 15) is 0 Å². The van der Waals surface area contributed by atoms with Gasteiger partial charge >= 0.3 is 0 Å². The molecule has 4 heterocycles. The molecule has 0 aliphatic rings. The molecule has 0 radical (unpaired) electrons. The lowest BCUT2D eigenvalue weighted by atomic mass is 10.0. The quantitative estimate of drug-likeness (QED) is 0.181. The molecule has 9 aromatic carbocycles. The van der Waals surface area contributed by atoms with E-state index in [0.717, 1.165) is 44.3 Å². The van der Waals surface area contributed by atoms with E-state index < -0.39 is 0 Å². The van der Waals surface area contributed by atoms with E-state index in [1.54, 1.807) is 0 Å². The van der Waals surface area contributed by atoms with Crippen LogP contribution in [0.15, 0.2) is 182 Å². The van der Waals surface area contributed by atoms with E-state index in [4.69, 9.17) is 9.97 Å². The lowest BCUT2D eigenvalue weighted by molar-refractivity contribution is 1.01. The van der Waals surface area contributed by atoms with Crippen LogP contribution in [0.1, 0.15) is 0 Å². The molecule has 0 unspecified atom stereocenters. The number of benzene rings is 9. The fourth-order valence-corrected chi connectivity index (χ4v) is 10.6. The van der Waals surface area contributed by atoms with E-state index in [1.165, 1.54) is 68.9 Å². The Morgan fingerprint density at radius 2 is 0.965 bits per heavy atom. The highest BCUT2D eigenvalue weighted by molar-refractivity contribution is 7.25. The summed E-state index contributed by atoms with van der Waals surface area (Å²) in [6.45, 7) is 0. The number of aromatic nitrogens is 4. The van der Waals surface area contributed by atoms with Gasteiger partial charge in [0.05, 0.1) is 33.3 Å².